The first-order chi connectivity index (χ1) is 6.97. The summed E-state index contributed by atoms with van der Waals surface area (Å²) in [6.07, 6.45) is 0. The van der Waals surface area contributed by atoms with Gasteiger partial charge in [-0.25, -0.2) is 4.79 Å². The smallest absolute Gasteiger partial charge is 0.343 e. The van der Waals surface area contributed by atoms with Crippen molar-refractivity contribution in [1.29, 1.82) is 0 Å². The van der Waals surface area contributed by atoms with Crippen LogP contribution in [0.3, 0.4) is 0 Å². The van der Waals surface area contributed by atoms with Gasteiger partial charge in [0.25, 0.3) is 5.69 Å². The lowest BCUT2D eigenvalue weighted by molar-refractivity contribution is -0.385. The van der Waals surface area contributed by atoms with Crippen LogP contribution < -0.4 is 4.74 Å². The van der Waals surface area contributed by atoms with Crippen LogP contribution >= 0.6 is 15.9 Å². The average Bonchev–Trinajstić information content (AvgIpc) is 2.15. The molecule has 0 amide bonds. The standard InChI is InChI=1S/C8H6BrNO5/c1-15-4-2-5(9)7(8(11)12)6(3-4)10(13)14/h2-3H,1H3,(H,11,12). The average molecular weight is 276 g/mol. The SMILES string of the molecule is COc1cc(Br)c(C(=O)O)c([N+](=O)[O-])c1. The minimum Gasteiger partial charge on any atom is -0.496 e. The number of benzene rings is 1. The predicted octanol–water partition coefficient (Wildman–Crippen LogP) is 2.06. The number of nitro groups is 1. The monoisotopic (exact) mass is 275 g/mol. The van der Waals surface area contributed by atoms with E-state index in [4.69, 9.17) is 9.84 Å². The van der Waals surface area contributed by atoms with Gasteiger partial charge in [-0.15, -0.1) is 0 Å². The van der Waals surface area contributed by atoms with Gasteiger partial charge in [-0.05, 0) is 22.0 Å². The van der Waals surface area contributed by atoms with Crippen molar-refractivity contribution >= 4 is 27.6 Å². The molecule has 0 bridgehead atoms. The number of aromatic carboxylic acids is 1. The minimum absolute atomic E-state index is 0.112. The molecule has 1 aromatic carbocycles. The van der Waals surface area contributed by atoms with Gasteiger partial charge < -0.3 is 9.84 Å². The van der Waals surface area contributed by atoms with Gasteiger partial charge in [0.1, 0.15) is 5.75 Å². The molecule has 0 aromatic heterocycles. The number of carboxylic acids is 1. The Hall–Kier alpha value is -1.63. The highest BCUT2D eigenvalue weighted by atomic mass is 79.9. The molecule has 0 heterocycles. The molecule has 1 aromatic rings. The molecule has 1 N–H and O–H groups in total. The van der Waals surface area contributed by atoms with Crippen molar-refractivity contribution in [2.45, 2.75) is 0 Å². The Morgan fingerprint density at radius 3 is 2.60 bits per heavy atom. The van der Waals surface area contributed by atoms with E-state index in [2.05, 4.69) is 15.9 Å². The zero-order valence-electron chi connectivity index (χ0n) is 7.56. The Morgan fingerprint density at radius 2 is 2.20 bits per heavy atom. The summed E-state index contributed by atoms with van der Waals surface area (Å²) in [5, 5.41) is 19.4. The number of methoxy groups -OCH3 is 1. The molecular weight excluding hydrogens is 270 g/mol. The summed E-state index contributed by atoms with van der Waals surface area (Å²) in [5.41, 5.74) is -0.894. The van der Waals surface area contributed by atoms with Gasteiger partial charge in [-0.3, -0.25) is 10.1 Å². The van der Waals surface area contributed by atoms with Gasteiger partial charge >= 0.3 is 5.97 Å². The summed E-state index contributed by atoms with van der Waals surface area (Å²) in [4.78, 5) is 20.6. The number of carboxylic acid groups (broad SMARTS) is 1. The number of hydrogen-bond donors (Lipinski definition) is 1. The first kappa shape index (κ1) is 11.4. The fourth-order valence-corrected chi connectivity index (χ4v) is 1.64. The second kappa shape index (κ2) is 4.26. The number of rotatable bonds is 3. The highest BCUT2D eigenvalue weighted by Gasteiger charge is 2.24. The Morgan fingerprint density at radius 1 is 1.60 bits per heavy atom. The van der Waals surface area contributed by atoms with E-state index in [9.17, 15) is 14.9 Å². The summed E-state index contributed by atoms with van der Waals surface area (Å²) in [5.74, 6) is -1.14. The van der Waals surface area contributed by atoms with Crippen LogP contribution in [0.5, 0.6) is 5.75 Å². The lowest BCUT2D eigenvalue weighted by Gasteiger charge is -2.04. The maximum absolute atomic E-state index is 10.8. The Labute approximate surface area is 92.8 Å². The highest BCUT2D eigenvalue weighted by Crippen LogP contribution is 2.31. The molecule has 7 heteroatoms. The van der Waals surface area contributed by atoms with Gasteiger partial charge in [-0.2, -0.15) is 0 Å². The van der Waals surface area contributed by atoms with Crippen LogP contribution in [0, 0.1) is 10.1 Å². The first-order valence-electron chi connectivity index (χ1n) is 3.72. The van der Waals surface area contributed by atoms with Crippen LogP contribution in [0.4, 0.5) is 5.69 Å². The van der Waals surface area contributed by atoms with Crippen LogP contribution in [0.2, 0.25) is 0 Å². The molecule has 0 saturated carbocycles. The largest absolute Gasteiger partial charge is 0.496 e. The summed E-state index contributed by atoms with van der Waals surface area (Å²) < 4.78 is 4.91. The molecule has 15 heavy (non-hydrogen) atoms. The molecule has 0 aliphatic heterocycles. The van der Waals surface area contributed by atoms with Gasteiger partial charge in [0.15, 0.2) is 5.56 Å². The van der Waals surface area contributed by atoms with Crippen molar-refractivity contribution in [2.75, 3.05) is 7.11 Å². The lowest BCUT2D eigenvalue weighted by atomic mass is 10.2. The molecular formula is C8H6BrNO5. The predicted molar refractivity (Wildman–Crippen MR) is 54.3 cm³/mol. The van der Waals surface area contributed by atoms with E-state index in [0.717, 1.165) is 6.07 Å². The zero-order valence-corrected chi connectivity index (χ0v) is 9.15. The van der Waals surface area contributed by atoms with Gasteiger partial charge in [0.05, 0.1) is 18.1 Å². The van der Waals surface area contributed by atoms with Gasteiger partial charge in [0.2, 0.25) is 0 Å². The van der Waals surface area contributed by atoms with Crippen LogP contribution in [0.25, 0.3) is 0 Å². The van der Waals surface area contributed by atoms with Crippen LogP contribution in [-0.4, -0.2) is 23.1 Å². The number of nitrogens with zero attached hydrogens (tertiary/aromatic N) is 1. The second-order valence-corrected chi connectivity index (χ2v) is 3.42. The van der Waals surface area contributed by atoms with E-state index >= 15 is 0 Å². The Bertz CT molecular complexity index is 431. The summed E-state index contributed by atoms with van der Waals surface area (Å²) >= 11 is 2.94. The van der Waals surface area contributed by atoms with E-state index in [0.29, 0.717) is 0 Å². The van der Waals surface area contributed by atoms with Crippen LogP contribution in [-0.2, 0) is 0 Å². The highest BCUT2D eigenvalue weighted by molar-refractivity contribution is 9.10. The van der Waals surface area contributed by atoms with Gasteiger partial charge in [0, 0.05) is 4.47 Å². The molecule has 0 atom stereocenters. The van der Waals surface area contributed by atoms with E-state index in [-0.39, 0.29) is 15.8 Å². The van der Waals surface area contributed by atoms with Crippen molar-refractivity contribution in [3.05, 3.63) is 32.3 Å². The van der Waals surface area contributed by atoms with Crippen molar-refractivity contribution in [2.24, 2.45) is 0 Å². The maximum atomic E-state index is 10.8. The number of ether oxygens (including phenoxy) is 1. The van der Waals surface area contributed by atoms with E-state index in [1.54, 1.807) is 0 Å². The first-order valence-corrected chi connectivity index (χ1v) is 4.52. The van der Waals surface area contributed by atoms with Crippen LogP contribution in [0.15, 0.2) is 16.6 Å². The molecule has 0 saturated heterocycles. The third kappa shape index (κ3) is 2.24. The summed E-state index contributed by atoms with van der Waals surface area (Å²) in [6.45, 7) is 0. The Kier molecular flexibility index (Phi) is 3.25. The molecule has 0 unspecified atom stereocenters. The van der Waals surface area contributed by atoms with Crippen LogP contribution in [0.1, 0.15) is 10.4 Å². The fraction of sp³-hybridized carbons (Fsp3) is 0.125. The van der Waals surface area contributed by atoms with Crippen molar-refractivity contribution in [1.82, 2.24) is 0 Å². The molecule has 1 rings (SSSR count). The van der Waals surface area contributed by atoms with Crippen molar-refractivity contribution < 1.29 is 19.6 Å². The molecule has 0 aliphatic rings. The summed E-state index contributed by atoms with van der Waals surface area (Å²) in [6, 6.07) is 2.42. The van der Waals surface area contributed by atoms with E-state index in [1.165, 1.54) is 13.2 Å². The van der Waals surface area contributed by atoms with E-state index < -0.39 is 16.6 Å². The molecule has 0 fully saturated rings. The zero-order chi connectivity index (χ0) is 11.6. The number of hydrogen-bond acceptors (Lipinski definition) is 4. The lowest BCUT2D eigenvalue weighted by Crippen LogP contribution is -2.04. The minimum atomic E-state index is -1.36. The topological polar surface area (TPSA) is 89.7 Å². The molecule has 0 spiro atoms. The number of halogens is 1. The molecule has 6 nitrogen and oxygen atoms in total. The molecule has 0 radical (unpaired) electrons. The molecule has 0 aliphatic carbocycles. The third-order valence-corrected chi connectivity index (χ3v) is 2.31. The second-order valence-electron chi connectivity index (χ2n) is 2.57. The number of nitro benzene ring substituents is 1. The van der Waals surface area contributed by atoms with Crippen molar-refractivity contribution in [3.8, 4) is 5.75 Å². The fourth-order valence-electron chi connectivity index (χ4n) is 1.04. The third-order valence-electron chi connectivity index (χ3n) is 1.69. The quantitative estimate of drug-likeness (QED) is 0.674. The van der Waals surface area contributed by atoms with E-state index in [1.807, 2.05) is 0 Å². The normalized spacial score (nSPS) is 9.73. The van der Waals surface area contributed by atoms with Gasteiger partial charge in [-0.1, -0.05) is 0 Å². The summed E-state index contributed by atoms with van der Waals surface area (Å²) in [7, 11) is 1.34. The van der Waals surface area contributed by atoms with Crippen molar-refractivity contribution in [3.63, 3.8) is 0 Å². The maximum Gasteiger partial charge on any atom is 0.343 e. The molecule has 80 valence electrons. The Balaban J connectivity index is 3.49. The number of carbonyl (C=O) groups is 1.